The zero-order valence-electron chi connectivity index (χ0n) is 11.2. The first-order valence-electron chi connectivity index (χ1n) is 6.32. The Kier molecular flexibility index (Phi) is 5.18. The van der Waals surface area contributed by atoms with Crippen LogP contribution in [0.5, 0.6) is 5.75 Å². The summed E-state index contributed by atoms with van der Waals surface area (Å²) < 4.78 is 6.08. The van der Waals surface area contributed by atoms with Gasteiger partial charge in [0, 0.05) is 11.0 Å². The molecule has 0 aromatic heterocycles. The van der Waals surface area contributed by atoms with Gasteiger partial charge in [0.15, 0.2) is 0 Å². The molecule has 2 rings (SSSR count). The van der Waals surface area contributed by atoms with Crippen LogP contribution in [-0.4, -0.2) is 13.0 Å². The van der Waals surface area contributed by atoms with Crippen molar-refractivity contribution in [3.63, 3.8) is 0 Å². The minimum absolute atomic E-state index is 0.0113. The summed E-state index contributed by atoms with van der Waals surface area (Å²) in [6, 6.07) is 15.5. The monoisotopic (exact) mass is 333 g/mol. The summed E-state index contributed by atoms with van der Waals surface area (Å²) >= 11 is 3.45. The van der Waals surface area contributed by atoms with Crippen molar-refractivity contribution < 1.29 is 9.53 Å². The van der Waals surface area contributed by atoms with E-state index >= 15 is 0 Å². The molecule has 2 aromatic carbocycles. The van der Waals surface area contributed by atoms with Crippen molar-refractivity contribution in [3.8, 4) is 5.75 Å². The van der Waals surface area contributed by atoms with Gasteiger partial charge in [-0.25, -0.2) is 0 Å². The third-order valence-corrected chi connectivity index (χ3v) is 3.71. The average molecular weight is 334 g/mol. The normalized spacial score (nSPS) is 10.1. The Morgan fingerprint density at radius 2 is 1.95 bits per heavy atom. The largest absolute Gasteiger partial charge is 0.497 e. The highest BCUT2D eigenvalue weighted by Crippen LogP contribution is 2.22. The summed E-state index contributed by atoms with van der Waals surface area (Å²) in [5.74, 6) is 0.738. The van der Waals surface area contributed by atoms with E-state index in [1.807, 2.05) is 48.5 Å². The van der Waals surface area contributed by atoms with Gasteiger partial charge >= 0.3 is 0 Å². The Balaban J connectivity index is 1.94. The molecule has 2 aromatic rings. The van der Waals surface area contributed by atoms with E-state index < -0.39 is 0 Å². The number of halogens is 1. The molecule has 0 saturated heterocycles. The van der Waals surface area contributed by atoms with Crippen LogP contribution in [0.3, 0.4) is 0 Å². The molecule has 3 nitrogen and oxygen atoms in total. The predicted molar refractivity (Wildman–Crippen MR) is 82.7 cm³/mol. The lowest BCUT2D eigenvalue weighted by Crippen LogP contribution is -2.24. The molecular formula is C16H16BrNO2. The van der Waals surface area contributed by atoms with Crippen LogP contribution in [0, 0.1) is 0 Å². The summed E-state index contributed by atoms with van der Waals surface area (Å²) in [5, 5.41) is 2.91. The Morgan fingerprint density at radius 3 is 2.65 bits per heavy atom. The number of carbonyl (C=O) groups is 1. The van der Waals surface area contributed by atoms with Crippen LogP contribution in [0.2, 0.25) is 0 Å². The lowest BCUT2D eigenvalue weighted by Gasteiger charge is -2.08. The summed E-state index contributed by atoms with van der Waals surface area (Å²) in [6.07, 6.45) is 0.324. The van der Waals surface area contributed by atoms with E-state index in [1.165, 1.54) is 0 Å². The molecule has 0 aliphatic rings. The first-order valence-corrected chi connectivity index (χ1v) is 7.11. The van der Waals surface area contributed by atoms with E-state index in [2.05, 4.69) is 21.2 Å². The number of amides is 1. The van der Waals surface area contributed by atoms with Crippen LogP contribution in [-0.2, 0) is 17.8 Å². The molecule has 0 spiro atoms. The van der Waals surface area contributed by atoms with Crippen LogP contribution >= 0.6 is 15.9 Å². The molecule has 0 radical (unpaired) electrons. The molecule has 1 N–H and O–H groups in total. The highest BCUT2D eigenvalue weighted by molar-refractivity contribution is 9.10. The minimum Gasteiger partial charge on any atom is -0.497 e. The molecule has 104 valence electrons. The number of rotatable bonds is 5. The van der Waals surface area contributed by atoms with E-state index in [0.717, 1.165) is 21.3 Å². The van der Waals surface area contributed by atoms with Gasteiger partial charge in [0.1, 0.15) is 5.75 Å². The van der Waals surface area contributed by atoms with E-state index in [4.69, 9.17) is 4.74 Å². The fourth-order valence-corrected chi connectivity index (χ4v) is 2.23. The van der Waals surface area contributed by atoms with Crippen LogP contribution in [0.25, 0.3) is 0 Å². The maximum atomic E-state index is 12.0. The van der Waals surface area contributed by atoms with Crippen LogP contribution in [0.4, 0.5) is 0 Å². The van der Waals surface area contributed by atoms with Crippen LogP contribution in [0.1, 0.15) is 11.1 Å². The second-order valence-electron chi connectivity index (χ2n) is 4.40. The lowest BCUT2D eigenvalue weighted by atomic mass is 10.1. The van der Waals surface area contributed by atoms with Gasteiger partial charge < -0.3 is 10.1 Å². The number of carbonyl (C=O) groups excluding carboxylic acids is 1. The lowest BCUT2D eigenvalue weighted by molar-refractivity contribution is -0.120. The predicted octanol–water partition coefficient (Wildman–Crippen LogP) is 3.32. The number of hydrogen-bond donors (Lipinski definition) is 1. The molecule has 0 unspecified atom stereocenters. The molecule has 0 atom stereocenters. The van der Waals surface area contributed by atoms with Crippen molar-refractivity contribution >= 4 is 21.8 Å². The number of benzene rings is 2. The Labute approximate surface area is 127 Å². The van der Waals surface area contributed by atoms with E-state index in [-0.39, 0.29) is 5.91 Å². The average Bonchev–Trinajstić information content (AvgIpc) is 2.48. The molecule has 20 heavy (non-hydrogen) atoms. The smallest absolute Gasteiger partial charge is 0.224 e. The summed E-state index contributed by atoms with van der Waals surface area (Å²) in [4.78, 5) is 12.0. The van der Waals surface area contributed by atoms with Gasteiger partial charge in [-0.1, -0.05) is 46.3 Å². The van der Waals surface area contributed by atoms with E-state index in [9.17, 15) is 4.79 Å². The second-order valence-corrected chi connectivity index (χ2v) is 5.25. The highest BCUT2D eigenvalue weighted by atomic mass is 79.9. The van der Waals surface area contributed by atoms with Crippen molar-refractivity contribution in [1.29, 1.82) is 0 Å². The summed E-state index contributed by atoms with van der Waals surface area (Å²) in [5.41, 5.74) is 2.00. The fraction of sp³-hybridized carbons (Fsp3) is 0.188. The first-order chi connectivity index (χ1) is 9.69. The van der Waals surface area contributed by atoms with Gasteiger partial charge in [0.25, 0.3) is 0 Å². The molecule has 1 amide bonds. The molecule has 0 aliphatic carbocycles. The van der Waals surface area contributed by atoms with Crippen molar-refractivity contribution in [3.05, 3.63) is 64.1 Å². The minimum atomic E-state index is -0.0113. The molecular weight excluding hydrogens is 318 g/mol. The van der Waals surface area contributed by atoms with Crippen molar-refractivity contribution in [2.24, 2.45) is 0 Å². The maximum absolute atomic E-state index is 12.0. The third kappa shape index (κ3) is 4.10. The van der Waals surface area contributed by atoms with Gasteiger partial charge in [-0.15, -0.1) is 0 Å². The standard InChI is InChI=1S/C16H16BrNO2/c1-20-14-7-8-15(17)13(9-14)10-16(19)18-11-12-5-3-2-4-6-12/h2-9H,10-11H2,1H3,(H,18,19). The number of hydrogen-bond acceptors (Lipinski definition) is 2. The number of ether oxygens (including phenoxy) is 1. The number of methoxy groups -OCH3 is 1. The van der Waals surface area contributed by atoms with Crippen molar-refractivity contribution in [2.45, 2.75) is 13.0 Å². The van der Waals surface area contributed by atoms with E-state index in [0.29, 0.717) is 13.0 Å². The van der Waals surface area contributed by atoms with Gasteiger partial charge in [0.05, 0.1) is 13.5 Å². The highest BCUT2D eigenvalue weighted by Gasteiger charge is 2.08. The SMILES string of the molecule is COc1ccc(Br)c(CC(=O)NCc2ccccc2)c1. The van der Waals surface area contributed by atoms with E-state index in [1.54, 1.807) is 7.11 Å². The van der Waals surface area contributed by atoms with Crippen molar-refractivity contribution in [2.75, 3.05) is 7.11 Å². The number of nitrogens with one attached hydrogen (secondary N) is 1. The molecule has 0 heterocycles. The first kappa shape index (κ1) is 14.6. The molecule has 4 heteroatoms. The molecule has 0 aliphatic heterocycles. The summed E-state index contributed by atoms with van der Waals surface area (Å²) in [7, 11) is 1.61. The van der Waals surface area contributed by atoms with Crippen LogP contribution < -0.4 is 10.1 Å². The Bertz CT molecular complexity index is 584. The van der Waals surface area contributed by atoms with Crippen molar-refractivity contribution in [1.82, 2.24) is 5.32 Å². The molecule has 0 bridgehead atoms. The van der Waals surface area contributed by atoms with Crippen LogP contribution in [0.15, 0.2) is 53.0 Å². The fourth-order valence-electron chi connectivity index (χ4n) is 1.85. The van der Waals surface area contributed by atoms with Gasteiger partial charge in [-0.2, -0.15) is 0 Å². The molecule has 0 saturated carbocycles. The van der Waals surface area contributed by atoms with Gasteiger partial charge in [-0.05, 0) is 29.3 Å². The zero-order chi connectivity index (χ0) is 14.4. The third-order valence-electron chi connectivity index (χ3n) is 2.94. The quantitative estimate of drug-likeness (QED) is 0.911. The summed E-state index contributed by atoms with van der Waals surface area (Å²) in [6.45, 7) is 0.543. The Morgan fingerprint density at radius 1 is 1.20 bits per heavy atom. The Hall–Kier alpha value is -1.81. The maximum Gasteiger partial charge on any atom is 0.224 e. The van der Waals surface area contributed by atoms with Gasteiger partial charge in [-0.3, -0.25) is 4.79 Å². The van der Waals surface area contributed by atoms with Gasteiger partial charge in [0.2, 0.25) is 5.91 Å². The molecule has 0 fully saturated rings. The topological polar surface area (TPSA) is 38.3 Å². The second kappa shape index (κ2) is 7.10. The zero-order valence-corrected chi connectivity index (χ0v) is 12.8.